The highest BCUT2D eigenvalue weighted by Gasteiger charge is 2.38. The summed E-state index contributed by atoms with van der Waals surface area (Å²) in [6.45, 7) is 1.30. The van der Waals surface area contributed by atoms with Crippen LogP contribution >= 0.6 is 11.8 Å². The van der Waals surface area contributed by atoms with Crippen LogP contribution in [0.15, 0.2) is 0 Å². The summed E-state index contributed by atoms with van der Waals surface area (Å²) < 4.78 is 6.06. The molecule has 2 heterocycles. The van der Waals surface area contributed by atoms with E-state index in [-0.39, 0.29) is 11.5 Å². The van der Waals surface area contributed by atoms with Gasteiger partial charge in [-0.2, -0.15) is 11.8 Å². The Hall–Kier alpha value is -0.260. The van der Waals surface area contributed by atoms with E-state index >= 15 is 0 Å². The summed E-state index contributed by atoms with van der Waals surface area (Å²) in [6, 6.07) is 0.910. The van der Waals surface area contributed by atoms with Crippen molar-refractivity contribution in [3.8, 4) is 0 Å². The minimum absolute atomic E-state index is 0.105. The molecule has 1 aliphatic carbocycles. The number of hydrogen-bond acceptors (Lipinski definition) is 4. The van der Waals surface area contributed by atoms with Crippen LogP contribution in [-0.2, 0) is 9.53 Å². The van der Waals surface area contributed by atoms with Gasteiger partial charge in [0.15, 0.2) is 0 Å². The average molecular weight is 284 g/mol. The third-order valence-corrected chi connectivity index (χ3v) is 5.38. The second kappa shape index (κ2) is 6.02. The molecule has 5 heteroatoms. The number of amides is 1. The third-order valence-electron chi connectivity index (χ3n) is 4.39. The molecule has 0 aromatic rings. The van der Waals surface area contributed by atoms with Crippen molar-refractivity contribution in [2.75, 3.05) is 24.7 Å². The van der Waals surface area contributed by atoms with Gasteiger partial charge in [-0.3, -0.25) is 4.79 Å². The Morgan fingerprint density at radius 3 is 2.74 bits per heavy atom. The average Bonchev–Trinajstić information content (AvgIpc) is 3.21. The first kappa shape index (κ1) is 13.7. The Labute approximate surface area is 119 Å². The molecular formula is C14H24N2O2S. The van der Waals surface area contributed by atoms with E-state index < -0.39 is 0 Å². The van der Waals surface area contributed by atoms with Crippen LogP contribution in [0.25, 0.3) is 0 Å². The van der Waals surface area contributed by atoms with Gasteiger partial charge >= 0.3 is 0 Å². The number of carbonyl (C=O) groups excluding carboxylic acids is 1. The molecule has 4 nitrogen and oxygen atoms in total. The molecule has 2 saturated heterocycles. The van der Waals surface area contributed by atoms with Gasteiger partial charge in [-0.05, 0) is 50.0 Å². The molecule has 3 fully saturated rings. The largest absolute Gasteiger partial charge is 0.375 e. The molecular weight excluding hydrogens is 260 g/mol. The van der Waals surface area contributed by atoms with Gasteiger partial charge in [0, 0.05) is 18.7 Å². The van der Waals surface area contributed by atoms with Gasteiger partial charge in [0.1, 0.15) is 0 Å². The summed E-state index contributed by atoms with van der Waals surface area (Å²) >= 11 is 2.03. The van der Waals surface area contributed by atoms with Crippen LogP contribution in [0.3, 0.4) is 0 Å². The van der Waals surface area contributed by atoms with Crippen LogP contribution in [0, 0.1) is 0 Å². The van der Waals surface area contributed by atoms with E-state index in [1.807, 2.05) is 11.8 Å². The minimum atomic E-state index is 0.105. The Morgan fingerprint density at radius 1 is 1.21 bits per heavy atom. The first-order chi connectivity index (χ1) is 9.26. The maximum Gasteiger partial charge on any atom is 0.234 e. The van der Waals surface area contributed by atoms with E-state index in [9.17, 15) is 4.79 Å². The molecule has 108 valence electrons. The summed E-state index contributed by atoms with van der Waals surface area (Å²) in [5.41, 5.74) is 0.105. The fourth-order valence-electron chi connectivity index (χ4n) is 3.04. The molecule has 0 aromatic carbocycles. The van der Waals surface area contributed by atoms with E-state index in [0.717, 1.165) is 32.3 Å². The van der Waals surface area contributed by atoms with E-state index in [1.54, 1.807) is 0 Å². The fourth-order valence-corrected chi connectivity index (χ4v) is 4.27. The number of carbonyl (C=O) groups is 1. The van der Waals surface area contributed by atoms with Crippen LogP contribution in [0.4, 0.5) is 0 Å². The minimum Gasteiger partial charge on any atom is -0.375 e. The lowest BCUT2D eigenvalue weighted by Gasteiger charge is -2.43. The second-order valence-corrected chi connectivity index (χ2v) is 7.28. The number of hydrogen-bond donors (Lipinski definition) is 2. The highest BCUT2D eigenvalue weighted by molar-refractivity contribution is 7.99. The normalized spacial score (nSPS) is 30.2. The summed E-state index contributed by atoms with van der Waals surface area (Å²) in [5, 5.41) is 6.46. The van der Waals surface area contributed by atoms with Crippen LogP contribution in [0.2, 0.25) is 0 Å². The standard InChI is InChI=1S/C14H24N2O2S/c17-13(16-11-1-2-11)10-15-12-3-6-18-14(9-12)4-7-19-8-5-14/h11-12,15H,1-10H2,(H,16,17). The van der Waals surface area contributed by atoms with Gasteiger partial charge < -0.3 is 15.4 Å². The van der Waals surface area contributed by atoms with Crippen molar-refractivity contribution in [2.45, 2.75) is 56.2 Å². The van der Waals surface area contributed by atoms with Gasteiger partial charge in [0.2, 0.25) is 5.91 Å². The zero-order chi connectivity index (χ0) is 13.1. The molecule has 0 bridgehead atoms. The van der Waals surface area contributed by atoms with Crippen molar-refractivity contribution in [3.63, 3.8) is 0 Å². The molecule has 19 heavy (non-hydrogen) atoms. The van der Waals surface area contributed by atoms with Gasteiger partial charge in [0.25, 0.3) is 0 Å². The Morgan fingerprint density at radius 2 is 2.00 bits per heavy atom. The van der Waals surface area contributed by atoms with Crippen molar-refractivity contribution < 1.29 is 9.53 Å². The molecule has 1 atom stereocenters. The quantitative estimate of drug-likeness (QED) is 0.817. The summed E-state index contributed by atoms with van der Waals surface area (Å²) in [4.78, 5) is 11.7. The molecule has 0 aromatic heterocycles. The molecule has 1 amide bonds. The van der Waals surface area contributed by atoms with Crippen molar-refractivity contribution in [1.29, 1.82) is 0 Å². The van der Waals surface area contributed by atoms with Gasteiger partial charge in [-0.25, -0.2) is 0 Å². The molecule has 3 rings (SSSR count). The Kier molecular flexibility index (Phi) is 4.34. The SMILES string of the molecule is O=C(CNC1CCOC2(CCSCC2)C1)NC1CC1. The molecule has 1 unspecified atom stereocenters. The Bertz CT molecular complexity index is 322. The highest BCUT2D eigenvalue weighted by atomic mass is 32.2. The predicted molar refractivity (Wildman–Crippen MR) is 77.4 cm³/mol. The first-order valence-corrected chi connectivity index (χ1v) is 8.66. The van der Waals surface area contributed by atoms with Crippen molar-refractivity contribution in [2.24, 2.45) is 0 Å². The maximum absolute atomic E-state index is 11.7. The van der Waals surface area contributed by atoms with Crippen molar-refractivity contribution in [1.82, 2.24) is 10.6 Å². The third kappa shape index (κ3) is 3.86. The van der Waals surface area contributed by atoms with Crippen molar-refractivity contribution >= 4 is 17.7 Å². The van der Waals surface area contributed by atoms with E-state index in [0.29, 0.717) is 18.6 Å². The van der Waals surface area contributed by atoms with Crippen molar-refractivity contribution in [3.05, 3.63) is 0 Å². The summed E-state index contributed by atoms with van der Waals surface area (Å²) in [7, 11) is 0. The number of ether oxygens (including phenoxy) is 1. The number of thioether (sulfide) groups is 1. The van der Waals surface area contributed by atoms with E-state index in [2.05, 4.69) is 10.6 Å². The summed E-state index contributed by atoms with van der Waals surface area (Å²) in [5.74, 6) is 2.59. The van der Waals surface area contributed by atoms with Gasteiger partial charge in [0.05, 0.1) is 12.1 Å². The monoisotopic (exact) mass is 284 g/mol. The summed E-state index contributed by atoms with van der Waals surface area (Å²) in [6.07, 6.45) is 6.76. The predicted octanol–water partition coefficient (Wildman–Crippen LogP) is 1.30. The lowest BCUT2D eigenvalue weighted by atomic mass is 9.85. The van der Waals surface area contributed by atoms with E-state index in [1.165, 1.54) is 24.3 Å². The first-order valence-electron chi connectivity index (χ1n) is 7.50. The molecule has 1 saturated carbocycles. The lowest BCUT2D eigenvalue weighted by Crippen LogP contribution is -2.50. The zero-order valence-electron chi connectivity index (χ0n) is 11.5. The molecule has 2 N–H and O–H groups in total. The van der Waals surface area contributed by atoms with Crippen LogP contribution in [-0.4, -0.2) is 48.2 Å². The number of nitrogens with one attached hydrogen (secondary N) is 2. The molecule has 1 spiro atoms. The van der Waals surface area contributed by atoms with Crippen LogP contribution in [0.5, 0.6) is 0 Å². The van der Waals surface area contributed by atoms with Crippen LogP contribution < -0.4 is 10.6 Å². The van der Waals surface area contributed by atoms with Gasteiger partial charge in [-0.15, -0.1) is 0 Å². The van der Waals surface area contributed by atoms with Gasteiger partial charge in [-0.1, -0.05) is 0 Å². The van der Waals surface area contributed by atoms with E-state index in [4.69, 9.17) is 4.74 Å². The molecule has 3 aliphatic rings. The smallest absolute Gasteiger partial charge is 0.234 e. The maximum atomic E-state index is 11.7. The van der Waals surface area contributed by atoms with Crippen LogP contribution in [0.1, 0.15) is 38.5 Å². The number of rotatable bonds is 4. The Balaban J connectivity index is 1.43. The second-order valence-electron chi connectivity index (χ2n) is 6.06. The lowest BCUT2D eigenvalue weighted by molar-refractivity contribution is -0.121. The fraction of sp³-hybridized carbons (Fsp3) is 0.929. The highest BCUT2D eigenvalue weighted by Crippen LogP contribution is 2.37. The molecule has 2 aliphatic heterocycles. The molecule has 0 radical (unpaired) electrons. The zero-order valence-corrected chi connectivity index (χ0v) is 12.3. The topological polar surface area (TPSA) is 50.4 Å².